The molecule has 0 spiro atoms. The maximum atomic E-state index is 14.3. The lowest BCUT2D eigenvalue weighted by atomic mass is 9.96. The van der Waals surface area contributed by atoms with Gasteiger partial charge in [-0.25, -0.2) is 9.37 Å². The number of halogens is 1. The van der Waals surface area contributed by atoms with Crippen LogP contribution in [0, 0.1) is 19.7 Å². The van der Waals surface area contributed by atoms with Gasteiger partial charge in [0.2, 0.25) is 0 Å². The van der Waals surface area contributed by atoms with Crippen molar-refractivity contribution in [2.45, 2.75) is 39.3 Å². The van der Waals surface area contributed by atoms with Crippen LogP contribution in [0.2, 0.25) is 0 Å². The Morgan fingerprint density at radius 1 is 1.25 bits per heavy atom. The minimum Gasteiger partial charge on any atom is -0.440 e. The van der Waals surface area contributed by atoms with Crippen molar-refractivity contribution in [2.75, 3.05) is 0 Å². The van der Waals surface area contributed by atoms with Crippen LogP contribution in [-0.2, 0) is 6.54 Å². The number of aryl methyl sites for hydroxylation is 2. The molecule has 0 bridgehead atoms. The summed E-state index contributed by atoms with van der Waals surface area (Å²) in [4.78, 5) is 17.5. The van der Waals surface area contributed by atoms with Gasteiger partial charge in [0, 0.05) is 30.5 Å². The molecule has 0 aliphatic heterocycles. The number of nitrogens with two attached hydrogens (primary N) is 1. The standard InChI is InChI=1S/C22H20FN3O2/c1-11-16(13-3-4-14(10-24)18(23)9-13)7-8-17-20(11)26(15-5-6-15)22(27)19-21(17)28-12(2)25-19/h3-4,7-9,15H,5-6,10,24H2,1-2H3. The maximum Gasteiger partial charge on any atom is 0.281 e. The summed E-state index contributed by atoms with van der Waals surface area (Å²) in [7, 11) is 0. The Labute approximate surface area is 160 Å². The predicted octanol–water partition coefficient (Wildman–Crippen LogP) is 4.36. The molecule has 1 aliphatic rings. The summed E-state index contributed by atoms with van der Waals surface area (Å²) in [5, 5.41) is 0.863. The zero-order valence-corrected chi connectivity index (χ0v) is 15.8. The van der Waals surface area contributed by atoms with Crippen molar-refractivity contribution in [1.82, 2.24) is 9.55 Å². The number of hydrogen-bond acceptors (Lipinski definition) is 4. The largest absolute Gasteiger partial charge is 0.440 e. The first-order chi connectivity index (χ1) is 13.5. The summed E-state index contributed by atoms with van der Waals surface area (Å²) >= 11 is 0. The molecule has 1 aliphatic carbocycles. The van der Waals surface area contributed by atoms with Crippen molar-refractivity contribution in [3.63, 3.8) is 0 Å². The van der Waals surface area contributed by atoms with Crippen LogP contribution in [0.5, 0.6) is 0 Å². The van der Waals surface area contributed by atoms with Crippen LogP contribution >= 0.6 is 0 Å². The number of hydrogen-bond donors (Lipinski definition) is 1. The molecule has 1 fully saturated rings. The molecule has 5 rings (SSSR count). The fraction of sp³-hybridized carbons (Fsp3) is 0.273. The first kappa shape index (κ1) is 17.1. The van der Waals surface area contributed by atoms with Gasteiger partial charge in [-0.3, -0.25) is 4.79 Å². The van der Waals surface area contributed by atoms with E-state index in [9.17, 15) is 9.18 Å². The number of benzene rings is 2. The molecule has 2 heterocycles. The third-order valence-electron chi connectivity index (χ3n) is 5.57. The number of rotatable bonds is 3. The lowest BCUT2D eigenvalue weighted by Crippen LogP contribution is -2.20. The molecule has 142 valence electrons. The summed E-state index contributed by atoms with van der Waals surface area (Å²) in [6.45, 7) is 3.88. The van der Waals surface area contributed by atoms with Crippen LogP contribution < -0.4 is 11.3 Å². The lowest BCUT2D eigenvalue weighted by Gasteiger charge is -2.16. The Hall–Kier alpha value is -2.99. The molecule has 2 N–H and O–H groups in total. The molecular formula is C22H20FN3O2. The smallest absolute Gasteiger partial charge is 0.281 e. The second-order valence-corrected chi connectivity index (χ2v) is 7.46. The Morgan fingerprint density at radius 2 is 2.04 bits per heavy atom. The van der Waals surface area contributed by atoms with Gasteiger partial charge in [-0.2, -0.15) is 0 Å². The Balaban J connectivity index is 1.86. The van der Waals surface area contributed by atoms with E-state index < -0.39 is 0 Å². The molecule has 2 aromatic carbocycles. The Morgan fingerprint density at radius 3 is 2.71 bits per heavy atom. The molecule has 2 aromatic heterocycles. The first-order valence-electron chi connectivity index (χ1n) is 9.43. The normalized spacial score (nSPS) is 14.3. The Kier molecular flexibility index (Phi) is 3.67. The van der Waals surface area contributed by atoms with E-state index in [0.29, 0.717) is 22.6 Å². The van der Waals surface area contributed by atoms with Gasteiger partial charge < -0.3 is 14.7 Å². The molecule has 5 nitrogen and oxygen atoms in total. The molecule has 0 radical (unpaired) electrons. The van der Waals surface area contributed by atoms with Crippen molar-refractivity contribution >= 4 is 22.0 Å². The van der Waals surface area contributed by atoms with Gasteiger partial charge in [-0.05, 0) is 48.6 Å². The minimum atomic E-state index is -0.319. The zero-order chi connectivity index (χ0) is 19.6. The highest BCUT2D eigenvalue weighted by atomic mass is 19.1. The average molecular weight is 377 g/mol. The van der Waals surface area contributed by atoms with Crippen LogP contribution in [0.15, 0.2) is 39.5 Å². The predicted molar refractivity (Wildman–Crippen MR) is 107 cm³/mol. The average Bonchev–Trinajstić information content (AvgIpc) is 3.43. The highest BCUT2D eigenvalue weighted by Gasteiger charge is 2.30. The van der Waals surface area contributed by atoms with Gasteiger partial charge in [0.1, 0.15) is 5.82 Å². The van der Waals surface area contributed by atoms with E-state index in [2.05, 4.69) is 4.98 Å². The van der Waals surface area contributed by atoms with Gasteiger partial charge in [0.15, 0.2) is 17.0 Å². The Bertz CT molecular complexity index is 1320. The molecule has 0 atom stereocenters. The lowest BCUT2D eigenvalue weighted by molar-refractivity contribution is 0.563. The summed E-state index contributed by atoms with van der Waals surface area (Å²) < 4.78 is 21.9. The van der Waals surface area contributed by atoms with Crippen LogP contribution in [-0.4, -0.2) is 9.55 Å². The quantitative estimate of drug-likeness (QED) is 0.576. The van der Waals surface area contributed by atoms with E-state index in [1.54, 1.807) is 13.0 Å². The highest BCUT2D eigenvalue weighted by molar-refractivity contribution is 6.04. The third kappa shape index (κ3) is 2.41. The second-order valence-electron chi connectivity index (χ2n) is 7.46. The van der Waals surface area contributed by atoms with Gasteiger partial charge in [0.25, 0.3) is 5.56 Å². The van der Waals surface area contributed by atoms with Crippen LogP contribution in [0.4, 0.5) is 4.39 Å². The van der Waals surface area contributed by atoms with Crippen molar-refractivity contribution in [3.05, 3.63) is 63.5 Å². The van der Waals surface area contributed by atoms with Gasteiger partial charge in [-0.15, -0.1) is 0 Å². The fourth-order valence-corrected chi connectivity index (χ4v) is 4.04. The number of oxazole rings is 1. The van der Waals surface area contributed by atoms with E-state index in [1.807, 2.05) is 29.7 Å². The van der Waals surface area contributed by atoms with Crippen LogP contribution in [0.3, 0.4) is 0 Å². The summed E-state index contributed by atoms with van der Waals surface area (Å²) in [5.74, 6) is 0.156. The summed E-state index contributed by atoms with van der Waals surface area (Å²) in [6.07, 6.45) is 1.95. The molecule has 1 saturated carbocycles. The molecule has 4 aromatic rings. The maximum absolute atomic E-state index is 14.3. The summed E-state index contributed by atoms with van der Waals surface area (Å²) in [5.41, 5.74) is 10.3. The van der Waals surface area contributed by atoms with E-state index in [0.717, 1.165) is 40.4 Å². The molecule has 6 heteroatoms. The van der Waals surface area contributed by atoms with Gasteiger partial charge >= 0.3 is 0 Å². The molecule has 0 unspecified atom stereocenters. The van der Waals surface area contributed by atoms with Crippen molar-refractivity contribution in [3.8, 4) is 11.1 Å². The zero-order valence-electron chi connectivity index (χ0n) is 15.8. The molecule has 0 amide bonds. The van der Waals surface area contributed by atoms with Gasteiger partial charge in [0.05, 0.1) is 5.52 Å². The highest BCUT2D eigenvalue weighted by Crippen LogP contribution is 2.40. The van der Waals surface area contributed by atoms with E-state index in [4.69, 9.17) is 10.2 Å². The van der Waals surface area contributed by atoms with E-state index >= 15 is 0 Å². The van der Waals surface area contributed by atoms with Gasteiger partial charge in [-0.1, -0.05) is 18.2 Å². The van der Waals surface area contributed by atoms with Crippen molar-refractivity contribution in [2.24, 2.45) is 5.73 Å². The van der Waals surface area contributed by atoms with Crippen LogP contribution in [0.25, 0.3) is 33.1 Å². The number of pyridine rings is 1. The molecular weight excluding hydrogens is 357 g/mol. The molecule has 28 heavy (non-hydrogen) atoms. The van der Waals surface area contributed by atoms with Crippen LogP contribution in [0.1, 0.15) is 35.9 Å². The number of nitrogens with zero attached hydrogens (tertiary/aromatic N) is 2. The van der Waals surface area contributed by atoms with Crippen molar-refractivity contribution < 1.29 is 8.81 Å². The monoisotopic (exact) mass is 377 g/mol. The molecule has 0 saturated heterocycles. The van der Waals surface area contributed by atoms with E-state index in [1.165, 1.54) is 6.07 Å². The fourth-order valence-electron chi connectivity index (χ4n) is 4.04. The number of fused-ring (bicyclic) bond motifs is 3. The topological polar surface area (TPSA) is 74.0 Å². The summed E-state index contributed by atoms with van der Waals surface area (Å²) in [6, 6.07) is 9.17. The number of aromatic nitrogens is 2. The third-order valence-corrected chi connectivity index (χ3v) is 5.57. The SMILES string of the molecule is Cc1nc2c(=O)n(C3CC3)c3c(C)c(-c4ccc(CN)c(F)c4)ccc3c2o1. The van der Waals surface area contributed by atoms with E-state index in [-0.39, 0.29) is 24.0 Å². The second kappa shape index (κ2) is 6.01. The van der Waals surface area contributed by atoms with Crippen molar-refractivity contribution in [1.29, 1.82) is 0 Å². The first-order valence-corrected chi connectivity index (χ1v) is 9.43. The minimum absolute atomic E-state index is 0.119.